The maximum absolute atomic E-state index is 12.5. The van der Waals surface area contributed by atoms with Crippen LogP contribution in [0.3, 0.4) is 0 Å². The van der Waals surface area contributed by atoms with Crippen LogP contribution in [0.4, 0.5) is 0 Å². The molecule has 1 aromatic rings. The molecule has 0 radical (unpaired) electrons. The Morgan fingerprint density at radius 1 is 1.42 bits per heavy atom. The molecule has 0 saturated carbocycles. The quantitative estimate of drug-likeness (QED) is 0.867. The highest BCUT2D eigenvalue weighted by Gasteiger charge is 2.30. The second-order valence-electron chi connectivity index (χ2n) is 5.14. The van der Waals surface area contributed by atoms with E-state index in [2.05, 4.69) is 10.3 Å². The lowest BCUT2D eigenvalue weighted by atomic mass is 9.98. The first kappa shape index (κ1) is 14.5. The summed E-state index contributed by atoms with van der Waals surface area (Å²) < 4.78 is 28.2. The fourth-order valence-corrected chi connectivity index (χ4v) is 3.92. The molecule has 108 valence electrons. The molecule has 1 aliphatic heterocycles. The van der Waals surface area contributed by atoms with E-state index >= 15 is 0 Å². The van der Waals surface area contributed by atoms with E-state index in [0.29, 0.717) is 24.8 Å². The molecule has 2 heterocycles. The van der Waals surface area contributed by atoms with Gasteiger partial charge in [0.2, 0.25) is 0 Å². The van der Waals surface area contributed by atoms with Gasteiger partial charge in [0.15, 0.2) is 5.03 Å². The van der Waals surface area contributed by atoms with Crippen molar-refractivity contribution >= 4 is 10.0 Å². The summed E-state index contributed by atoms with van der Waals surface area (Å²) in [6.45, 7) is 3.93. The molecule has 1 aromatic heterocycles. The number of nitrogens with one attached hydrogen (secondary N) is 1. The van der Waals surface area contributed by atoms with Gasteiger partial charge in [-0.1, -0.05) is 0 Å². The van der Waals surface area contributed by atoms with E-state index in [0.717, 1.165) is 19.4 Å². The zero-order chi connectivity index (χ0) is 14.0. The summed E-state index contributed by atoms with van der Waals surface area (Å²) in [7, 11) is 0.315. The molecule has 7 heteroatoms. The molecule has 1 fully saturated rings. The van der Waals surface area contributed by atoms with Crippen LogP contribution in [0.1, 0.15) is 18.7 Å². The van der Waals surface area contributed by atoms with E-state index in [-0.39, 0.29) is 5.03 Å². The monoisotopic (exact) mass is 286 g/mol. The van der Waals surface area contributed by atoms with Gasteiger partial charge in [-0.25, -0.2) is 13.4 Å². The van der Waals surface area contributed by atoms with Gasteiger partial charge >= 0.3 is 0 Å². The third kappa shape index (κ3) is 2.98. The maximum atomic E-state index is 12.5. The van der Waals surface area contributed by atoms with E-state index in [4.69, 9.17) is 0 Å². The highest BCUT2D eigenvalue weighted by atomic mass is 32.2. The number of nitrogens with zero attached hydrogens (tertiary/aromatic N) is 3. The summed E-state index contributed by atoms with van der Waals surface area (Å²) in [5.74, 6) is 1.28. The van der Waals surface area contributed by atoms with E-state index in [9.17, 15) is 8.42 Å². The van der Waals surface area contributed by atoms with Crippen molar-refractivity contribution < 1.29 is 8.42 Å². The predicted octanol–water partition coefficient (Wildman–Crippen LogP) is 0.349. The first-order valence-electron chi connectivity index (χ1n) is 6.60. The first-order chi connectivity index (χ1) is 8.95. The molecule has 0 aliphatic carbocycles. The second-order valence-corrected chi connectivity index (χ2v) is 7.03. The zero-order valence-corrected chi connectivity index (χ0v) is 12.6. The molecule has 2 rings (SSSR count). The standard InChI is InChI=1S/C12H22N4O2S/c1-10-14-12(9-15(10)3)19(17,18)16-6-4-11(5-7-16)8-13-2/h9,11,13H,4-8H2,1-3H3. The average Bonchev–Trinajstić information content (AvgIpc) is 2.71. The van der Waals surface area contributed by atoms with Crippen molar-refractivity contribution in [2.45, 2.75) is 24.8 Å². The van der Waals surface area contributed by atoms with Gasteiger partial charge in [-0.2, -0.15) is 4.31 Å². The van der Waals surface area contributed by atoms with Gasteiger partial charge in [-0.15, -0.1) is 0 Å². The molecular formula is C12H22N4O2S. The number of rotatable bonds is 4. The van der Waals surface area contributed by atoms with E-state index < -0.39 is 10.0 Å². The summed E-state index contributed by atoms with van der Waals surface area (Å²) in [4.78, 5) is 4.13. The zero-order valence-electron chi connectivity index (χ0n) is 11.8. The van der Waals surface area contributed by atoms with Crippen LogP contribution in [0, 0.1) is 12.8 Å². The van der Waals surface area contributed by atoms with Gasteiger partial charge < -0.3 is 9.88 Å². The Bertz CT molecular complexity index is 510. The van der Waals surface area contributed by atoms with E-state index in [1.165, 1.54) is 0 Å². The predicted molar refractivity (Wildman–Crippen MR) is 73.4 cm³/mol. The molecule has 6 nitrogen and oxygen atoms in total. The first-order valence-corrected chi connectivity index (χ1v) is 8.04. The number of imidazole rings is 1. The van der Waals surface area contributed by atoms with Crippen LogP contribution >= 0.6 is 0 Å². The highest BCUT2D eigenvalue weighted by molar-refractivity contribution is 7.89. The Morgan fingerprint density at radius 2 is 2.05 bits per heavy atom. The van der Waals surface area contributed by atoms with Crippen molar-refractivity contribution in [1.29, 1.82) is 0 Å². The topological polar surface area (TPSA) is 67.2 Å². The maximum Gasteiger partial charge on any atom is 0.262 e. The van der Waals surface area contributed by atoms with Crippen LogP contribution in [-0.4, -0.2) is 49.0 Å². The van der Waals surface area contributed by atoms with Crippen LogP contribution in [0.2, 0.25) is 0 Å². The second kappa shape index (κ2) is 5.60. The Kier molecular flexibility index (Phi) is 4.27. The van der Waals surface area contributed by atoms with Gasteiger partial charge in [-0.05, 0) is 39.3 Å². The number of aryl methyl sites for hydroxylation is 2. The van der Waals surface area contributed by atoms with Crippen molar-refractivity contribution in [2.24, 2.45) is 13.0 Å². The van der Waals surface area contributed by atoms with Crippen molar-refractivity contribution in [1.82, 2.24) is 19.2 Å². The number of hydrogen-bond acceptors (Lipinski definition) is 4. The fraction of sp³-hybridized carbons (Fsp3) is 0.750. The minimum absolute atomic E-state index is 0.166. The smallest absolute Gasteiger partial charge is 0.262 e. The molecule has 0 spiro atoms. The van der Waals surface area contributed by atoms with Crippen molar-refractivity contribution in [2.75, 3.05) is 26.7 Å². The molecule has 0 aromatic carbocycles. The molecular weight excluding hydrogens is 264 g/mol. The molecule has 0 unspecified atom stereocenters. The van der Waals surface area contributed by atoms with Gasteiger partial charge in [0.05, 0.1) is 0 Å². The number of piperidine rings is 1. The summed E-state index contributed by atoms with van der Waals surface area (Å²) in [5, 5.41) is 3.32. The molecule has 0 amide bonds. The van der Waals surface area contributed by atoms with Crippen LogP contribution < -0.4 is 5.32 Å². The van der Waals surface area contributed by atoms with Crippen molar-refractivity contribution in [3.8, 4) is 0 Å². The molecule has 0 bridgehead atoms. The van der Waals surface area contributed by atoms with Gasteiger partial charge in [-0.3, -0.25) is 0 Å². The number of hydrogen-bond donors (Lipinski definition) is 1. The Labute approximate surface area is 114 Å². The van der Waals surface area contributed by atoms with E-state index in [1.54, 1.807) is 29.0 Å². The van der Waals surface area contributed by atoms with Gasteiger partial charge in [0.25, 0.3) is 10.0 Å². The number of aromatic nitrogens is 2. The third-order valence-corrected chi connectivity index (χ3v) is 5.53. The highest BCUT2D eigenvalue weighted by Crippen LogP contribution is 2.22. The summed E-state index contributed by atoms with van der Waals surface area (Å²) >= 11 is 0. The lowest BCUT2D eigenvalue weighted by Gasteiger charge is -2.30. The molecule has 1 saturated heterocycles. The van der Waals surface area contributed by atoms with Crippen molar-refractivity contribution in [3.05, 3.63) is 12.0 Å². The molecule has 19 heavy (non-hydrogen) atoms. The lowest BCUT2D eigenvalue weighted by Crippen LogP contribution is -2.40. The molecule has 1 N–H and O–H groups in total. The normalized spacial score (nSPS) is 18.9. The molecule has 1 aliphatic rings. The lowest BCUT2D eigenvalue weighted by molar-refractivity contribution is 0.270. The SMILES string of the molecule is CNCC1CCN(S(=O)(=O)c2cn(C)c(C)n2)CC1. The average molecular weight is 286 g/mol. The largest absolute Gasteiger partial charge is 0.337 e. The van der Waals surface area contributed by atoms with Crippen LogP contribution in [0.5, 0.6) is 0 Å². The summed E-state index contributed by atoms with van der Waals surface area (Å²) in [5.41, 5.74) is 0. The van der Waals surface area contributed by atoms with Crippen molar-refractivity contribution in [3.63, 3.8) is 0 Å². The summed E-state index contributed by atoms with van der Waals surface area (Å²) in [6, 6.07) is 0. The Balaban J connectivity index is 2.09. The van der Waals surface area contributed by atoms with Crippen LogP contribution in [0.25, 0.3) is 0 Å². The Morgan fingerprint density at radius 3 is 2.53 bits per heavy atom. The summed E-state index contributed by atoms with van der Waals surface area (Å²) in [6.07, 6.45) is 3.40. The Hall–Kier alpha value is -0.920. The molecule has 0 atom stereocenters. The van der Waals surface area contributed by atoms with Crippen LogP contribution in [-0.2, 0) is 17.1 Å². The van der Waals surface area contributed by atoms with E-state index in [1.807, 2.05) is 7.05 Å². The fourth-order valence-electron chi connectivity index (χ4n) is 2.43. The number of sulfonamides is 1. The third-order valence-electron chi connectivity index (χ3n) is 3.76. The van der Waals surface area contributed by atoms with Gasteiger partial charge in [0, 0.05) is 26.3 Å². The minimum Gasteiger partial charge on any atom is -0.337 e. The van der Waals surface area contributed by atoms with Crippen LogP contribution in [0.15, 0.2) is 11.2 Å². The van der Waals surface area contributed by atoms with Gasteiger partial charge in [0.1, 0.15) is 5.82 Å². The minimum atomic E-state index is -3.42.